The topological polar surface area (TPSA) is 112 Å². The van der Waals surface area contributed by atoms with Gasteiger partial charge in [-0.3, -0.25) is 0 Å². The standard InChI is InChI=1S/C28H40N3O8P3S/c1-30(29-20-23-12-16-26(34-2)17-13-23)40(43)39-27-18-14-25(15-19-27)28(42(33,37-5)38-6)31(22-41(32,35-3)36-4)21-24-10-8-7-9-11-24/h7-20,28,33,40,42H,21-22H2,1-6H3/b29-20+. The smallest absolute Gasteiger partial charge is 0.0193 e. The first-order valence-electron chi connectivity index (χ1n) is 13.1. The van der Waals surface area contributed by atoms with E-state index in [1.165, 1.54) is 28.4 Å². The number of ether oxygens (including phenoxy) is 1. The van der Waals surface area contributed by atoms with E-state index in [9.17, 15) is 9.46 Å². The number of methoxy groups -OCH3 is 1. The van der Waals surface area contributed by atoms with E-state index in [4.69, 9.17) is 39.2 Å². The van der Waals surface area contributed by atoms with Crippen molar-refractivity contribution in [3.63, 3.8) is 0 Å². The van der Waals surface area contributed by atoms with Crippen molar-refractivity contribution < 1.29 is 36.8 Å². The average molecular weight is 672 g/mol. The van der Waals surface area contributed by atoms with Gasteiger partial charge in [0.15, 0.2) is 0 Å². The Balaban J connectivity index is 1.87. The van der Waals surface area contributed by atoms with E-state index in [0.717, 1.165) is 16.9 Å². The molecule has 3 rings (SSSR count). The summed E-state index contributed by atoms with van der Waals surface area (Å²) in [4.78, 5) is 13.4. The summed E-state index contributed by atoms with van der Waals surface area (Å²) < 4.78 is 47.9. The summed E-state index contributed by atoms with van der Waals surface area (Å²) >= 11 is 5.61. The molecule has 0 aliphatic carbocycles. The monoisotopic (exact) mass is 671 g/mol. The van der Waals surface area contributed by atoms with Gasteiger partial charge in [-0.25, -0.2) is 0 Å². The second kappa shape index (κ2) is 16.8. The van der Waals surface area contributed by atoms with Crippen molar-refractivity contribution in [2.24, 2.45) is 5.10 Å². The Bertz CT molecular complexity index is 1370. The Morgan fingerprint density at radius 1 is 0.930 bits per heavy atom. The Morgan fingerprint density at radius 2 is 1.51 bits per heavy atom. The van der Waals surface area contributed by atoms with Crippen LogP contribution in [0.1, 0.15) is 22.5 Å². The molecule has 236 valence electrons. The van der Waals surface area contributed by atoms with Gasteiger partial charge in [-0.1, -0.05) is 0 Å². The summed E-state index contributed by atoms with van der Waals surface area (Å²) in [5, 5.41) is 4.43. The second-order valence-corrected chi connectivity index (χ2v) is 16.6. The molecule has 3 aromatic rings. The molecule has 11 nitrogen and oxygen atoms in total. The van der Waals surface area contributed by atoms with Gasteiger partial charge < -0.3 is 4.74 Å². The van der Waals surface area contributed by atoms with Crippen LogP contribution in [0.4, 0.5) is 0 Å². The molecule has 0 radical (unpaired) electrons. The predicted molar refractivity (Wildman–Crippen MR) is 177 cm³/mol. The van der Waals surface area contributed by atoms with Crippen LogP contribution in [-0.2, 0) is 41.0 Å². The minimum atomic E-state index is -3.92. The van der Waals surface area contributed by atoms with Crippen molar-refractivity contribution in [3.05, 3.63) is 95.6 Å². The zero-order valence-corrected chi connectivity index (χ0v) is 28.8. The predicted octanol–water partition coefficient (Wildman–Crippen LogP) is 6.27. The van der Waals surface area contributed by atoms with Crippen LogP contribution in [0.2, 0.25) is 0 Å². The van der Waals surface area contributed by atoms with Gasteiger partial charge in [-0.2, -0.15) is 0 Å². The first-order chi connectivity index (χ1) is 20.6. The molecule has 0 fully saturated rings. The molecule has 2 atom stereocenters. The van der Waals surface area contributed by atoms with Crippen molar-refractivity contribution in [1.82, 2.24) is 9.68 Å². The fraction of sp³-hybridized carbons (Fsp3) is 0.321. The maximum atomic E-state index is 13.3. The molecule has 0 aromatic heterocycles. The van der Waals surface area contributed by atoms with Gasteiger partial charge in [0, 0.05) is 0 Å². The number of benzene rings is 3. The Hall–Kier alpha value is -2.20. The van der Waals surface area contributed by atoms with E-state index in [2.05, 4.69) is 5.10 Å². The maximum absolute atomic E-state index is 13.3. The van der Waals surface area contributed by atoms with E-state index in [1.807, 2.05) is 54.6 Å². The Kier molecular flexibility index (Phi) is 13.7. The van der Waals surface area contributed by atoms with E-state index < -0.39 is 28.4 Å². The van der Waals surface area contributed by atoms with Crippen LogP contribution in [0.25, 0.3) is 0 Å². The van der Waals surface area contributed by atoms with Crippen LogP contribution < -0.4 is 9.26 Å². The summed E-state index contributed by atoms with van der Waals surface area (Å²) in [6, 6.07) is 24.2. The first kappa shape index (κ1) is 35.3. The summed E-state index contributed by atoms with van der Waals surface area (Å²) in [6.07, 6.45) is 1.57. The average Bonchev–Trinajstić information content (AvgIpc) is 3.04. The van der Waals surface area contributed by atoms with Gasteiger partial charge in [-0.05, 0) is 12.1 Å². The number of nitrogens with zero attached hydrogens (tertiary/aromatic N) is 3. The molecule has 0 aliphatic heterocycles. The van der Waals surface area contributed by atoms with Gasteiger partial charge in [0.05, 0.1) is 7.11 Å². The van der Waals surface area contributed by atoms with Gasteiger partial charge in [-0.15, -0.1) is 0 Å². The number of hydrogen-bond donors (Lipinski definition) is 1. The number of hydrogen-bond acceptors (Lipinski definition) is 11. The Morgan fingerprint density at radius 3 is 2.05 bits per heavy atom. The number of hydrazone groups is 1. The van der Waals surface area contributed by atoms with Crippen molar-refractivity contribution in [2.75, 3.05) is 48.9 Å². The third-order valence-electron chi connectivity index (χ3n) is 6.60. The summed E-state index contributed by atoms with van der Waals surface area (Å²) in [5.41, 5.74) is 2.47. The van der Waals surface area contributed by atoms with Crippen molar-refractivity contribution >= 4 is 40.6 Å². The van der Waals surface area contributed by atoms with Gasteiger partial charge >= 0.3 is 231 Å². The van der Waals surface area contributed by atoms with Crippen molar-refractivity contribution in [1.29, 1.82) is 0 Å². The van der Waals surface area contributed by atoms with Crippen LogP contribution in [0.5, 0.6) is 11.5 Å². The molecular weight excluding hydrogens is 631 g/mol. The molecule has 1 N–H and O–H groups in total. The van der Waals surface area contributed by atoms with Crippen molar-refractivity contribution in [2.45, 2.75) is 12.3 Å². The van der Waals surface area contributed by atoms with Crippen LogP contribution in [-0.4, -0.2) is 69.7 Å². The summed E-state index contributed by atoms with van der Waals surface area (Å²) in [5.74, 6) is 0.478. The molecule has 0 saturated carbocycles. The normalized spacial score (nSPS) is 14.0. The fourth-order valence-electron chi connectivity index (χ4n) is 4.19. The molecule has 0 aliphatic rings. The zero-order valence-electron chi connectivity index (χ0n) is 25.1. The third kappa shape index (κ3) is 9.90. The second-order valence-electron chi connectivity index (χ2n) is 9.27. The minimum absolute atomic E-state index is 0.129. The minimum Gasteiger partial charge on any atom is -0.0193 e. The SMILES string of the molecule is COc1ccc(/C=N/N(C)[PH](=S)Oc2ccc(C(N(Cc3ccccc3)CP(=O)(OC)OC)[PH](O)(OC)OC)cc2)cc1. The summed E-state index contributed by atoms with van der Waals surface area (Å²) in [6.45, 7) is 0.304. The molecule has 43 heavy (non-hydrogen) atoms. The molecule has 2 unspecified atom stereocenters. The quantitative estimate of drug-likeness (QED) is 0.0996. The molecule has 0 saturated heterocycles. The van der Waals surface area contributed by atoms with Gasteiger partial charge in [0.25, 0.3) is 0 Å². The van der Waals surface area contributed by atoms with Crippen LogP contribution in [0, 0.1) is 0 Å². The Labute approximate surface area is 260 Å². The first-order valence-corrected chi connectivity index (χ1v) is 19.2. The third-order valence-corrected chi connectivity index (χ3v) is 13.1. The molecule has 0 heterocycles. The molecule has 0 amide bonds. The zero-order chi connectivity index (χ0) is 31.5. The molecule has 0 bridgehead atoms. The molecule has 0 spiro atoms. The van der Waals surface area contributed by atoms with E-state index in [-0.39, 0.29) is 6.29 Å². The number of rotatable bonds is 17. The summed E-state index contributed by atoms with van der Waals surface area (Å²) in [7, 11) is -0.586. The van der Waals surface area contributed by atoms with E-state index >= 15 is 0 Å². The molecule has 15 heteroatoms. The molecular formula is C28H40N3O8P3S. The van der Waals surface area contributed by atoms with Crippen molar-refractivity contribution in [3.8, 4) is 11.5 Å². The van der Waals surface area contributed by atoms with Gasteiger partial charge in [0.1, 0.15) is 5.75 Å². The molecule has 3 aromatic carbocycles. The van der Waals surface area contributed by atoms with Crippen LogP contribution in [0.15, 0.2) is 84.0 Å². The van der Waals surface area contributed by atoms with Crippen LogP contribution >= 0.6 is 22.6 Å². The van der Waals surface area contributed by atoms with E-state index in [1.54, 1.807) is 54.3 Å². The van der Waals surface area contributed by atoms with Crippen LogP contribution in [0.3, 0.4) is 0 Å². The fourth-order valence-corrected chi connectivity index (χ4v) is 8.35. The van der Waals surface area contributed by atoms with Gasteiger partial charge in [0.2, 0.25) is 0 Å². The van der Waals surface area contributed by atoms with E-state index in [0.29, 0.717) is 17.9 Å².